The highest BCUT2D eigenvalue weighted by Gasteiger charge is 2.47. The highest BCUT2D eigenvalue weighted by Crippen LogP contribution is 2.55. The summed E-state index contributed by atoms with van der Waals surface area (Å²) in [6.45, 7) is 2.25. The van der Waals surface area contributed by atoms with Crippen LogP contribution in [0, 0.1) is 0 Å². The summed E-state index contributed by atoms with van der Waals surface area (Å²) < 4.78 is 39.3. The molecule has 2 bridgehead atoms. The molecule has 0 saturated carbocycles. The Labute approximate surface area is 227 Å². The molecule has 0 saturated heterocycles. The van der Waals surface area contributed by atoms with Crippen LogP contribution in [0.4, 0.5) is 8.78 Å². The number of nitrogens with zero attached hydrogens (tertiary/aromatic N) is 4. The number of hydrogen-bond acceptors (Lipinski definition) is 8. The second-order valence-corrected chi connectivity index (χ2v) is 11.3. The molecule has 0 amide bonds. The number of aromatic nitrogens is 4. The van der Waals surface area contributed by atoms with Gasteiger partial charge in [0.05, 0.1) is 23.7 Å². The van der Waals surface area contributed by atoms with E-state index in [9.17, 15) is 18.7 Å². The largest absolute Gasteiger partial charge is 0.465 e. The van der Waals surface area contributed by atoms with Crippen LogP contribution in [0.1, 0.15) is 56.4 Å². The van der Waals surface area contributed by atoms with E-state index in [4.69, 9.17) is 14.5 Å². The maximum absolute atomic E-state index is 13.4. The fraction of sp³-hybridized carbons (Fsp3) is 0.357. The maximum Gasteiger partial charge on any atom is 0.387 e. The van der Waals surface area contributed by atoms with Crippen LogP contribution < -0.4 is 4.74 Å². The van der Waals surface area contributed by atoms with E-state index >= 15 is 0 Å². The number of hydrogen-bond donors (Lipinski definition) is 1. The van der Waals surface area contributed by atoms with Crippen molar-refractivity contribution in [3.05, 3.63) is 66.0 Å². The number of benzene rings is 2. The predicted octanol–water partition coefficient (Wildman–Crippen LogP) is 5.44. The number of esters is 1. The average Bonchev–Trinajstić information content (AvgIpc) is 3.37. The minimum atomic E-state index is -2.99. The standard InChI is InChI=1S/C28H26F2N4O4S/c1-4-37-25(35)23-16-11-19(22-20(38-27(29)30)6-5-7-21(22)39-23)34-18-10-14(8-9-17(18)33-24(16)34)15-12-31-26(32-13-15)28(2,3)36/h5-10,12-13,16,19,23,27,36H,4,11H2,1-3H3/t16-,19+,23?/m0/s1. The fourth-order valence-electron chi connectivity index (χ4n) is 5.44. The summed E-state index contributed by atoms with van der Waals surface area (Å²) in [5.74, 6) is 0.475. The van der Waals surface area contributed by atoms with E-state index < -0.39 is 17.5 Å². The Hall–Kier alpha value is -3.57. The molecule has 2 aliphatic heterocycles. The van der Waals surface area contributed by atoms with Gasteiger partial charge in [-0.3, -0.25) is 4.79 Å². The van der Waals surface area contributed by atoms with Crippen molar-refractivity contribution in [1.82, 2.24) is 19.5 Å². The van der Waals surface area contributed by atoms with E-state index in [-0.39, 0.29) is 30.3 Å². The Kier molecular flexibility index (Phi) is 6.30. The van der Waals surface area contributed by atoms with Crippen molar-refractivity contribution in [3.8, 4) is 16.9 Å². The van der Waals surface area contributed by atoms with Gasteiger partial charge in [0.15, 0.2) is 5.82 Å². The zero-order valence-electron chi connectivity index (χ0n) is 21.5. The Morgan fingerprint density at radius 1 is 1.21 bits per heavy atom. The number of rotatable bonds is 6. The molecule has 0 aliphatic carbocycles. The van der Waals surface area contributed by atoms with Crippen LogP contribution in [0.5, 0.6) is 5.75 Å². The number of imidazole rings is 1. The van der Waals surface area contributed by atoms with Gasteiger partial charge in [0.2, 0.25) is 0 Å². The van der Waals surface area contributed by atoms with Crippen molar-refractivity contribution >= 4 is 28.8 Å². The topological polar surface area (TPSA) is 99.4 Å². The Morgan fingerprint density at radius 2 is 1.97 bits per heavy atom. The van der Waals surface area contributed by atoms with Gasteiger partial charge in [0, 0.05) is 34.3 Å². The number of halogens is 2. The Bertz CT molecular complexity index is 1570. The molecule has 0 fully saturated rings. The molecule has 6 rings (SSSR count). The maximum atomic E-state index is 13.4. The van der Waals surface area contributed by atoms with Gasteiger partial charge in [-0.1, -0.05) is 12.1 Å². The van der Waals surface area contributed by atoms with E-state index in [1.165, 1.54) is 17.8 Å². The van der Waals surface area contributed by atoms with Crippen molar-refractivity contribution in [2.75, 3.05) is 6.61 Å². The van der Waals surface area contributed by atoms with Gasteiger partial charge in [-0.05, 0) is 57.0 Å². The second kappa shape index (κ2) is 9.56. The summed E-state index contributed by atoms with van der Waals surface area (Å²) in [5.41, 5.74) is 2.56. The molecule has 2 aliphatic rings. The molecule has 39 heavy (non-hydrogen) atoms. The van der Waals surface area contributed by atoms with Gasteiger partial charge in [0.25, 0.3) is 0 Å². The SMILES string of the molecule is CCOC(=O)C1Sc2cccc(OC(F)F)c2[C@H]2C[C@@H]1c1nc3ccc(-c4cnc(C(C)(C)O)nc4)cc3n12. The molecule has 0 radical (unpaired) electrons. The van der Waals surface area contributed by atoms with Gasteiger partial charge in [-0.25, -0.2) is 15.0 Å². The van der Waals surface area contributed by atoms with Gasteiger partial charge in [-0.15, -0.1) is 11.8 Å². The summed E-state index contributed by atoms with van der Waals surface area (Å²) in [7, 11) is 0. The number of ether oxygens (including phenoxy) is 2. The molecule has 4 heterocycles. The summed E-state index contributed by atoms with van der Waals surface area (Å²) in [4.78, 5) is 27.4. The highest BCUT2D eigenvalue weighted by molar-refractivity contribution is 8.00. The number of alkyl halides is 2. The Balaban J connectivity index is 1.52. The summed E-state index contributed by atoms with van der Waals surface area (Å²) in [5, 5.41) is 9.62. The quantitative estimate of drug-likeness (QED) is 0.316. The molecule has 4 aromatic rings. The molecule has 2 aromatic heterocycles. The molecule has 3 atom stereocenters. The first-order chi connectivity index (χ1) is 18.7. The first-order valence-corrected chi connectivity index (χ1v) is 13.5. The predicted molar refractivity (Wildman–Crippen MR) is 141 cm³/mol. The number of carbonyl (C=O) groups excluding carboxylic acids is 1. The lowest BCUT2D eigenvalue weighted by Gasteiger charge is -2.23. The lowest BCUT2D eigenvalue weighted by Crippen LogP contribution is -2.26. The fourth-order valence-corrected chi connectivity index (χ4v) is 6.80. The van der Waals surface area contributed by atoms with E-state index in [1.54, 1.807) is 39.2 Å². The van der Waals surface area contributed by atoms with Crippen LogP contribution >= 0.6 is 11.8 Å². The lowest BCUT2D eigenvalue weighted by atomic mass is 9.95. The Morgan fingerprint density at radius 3 is 2.67 bits per heavy atom. The molecule has 2 aromatic carbocycles. The monoisotopic (exact) mass is 552 g/mol. The number of fused-ring (bicyclic) bond motifs is 9. The molecule has 1 N–H and O–H groups in total. The van der Waals surface area contributed by atoms with Crippen LogP contribution in [0.15, 0.2) is 53.7 Å². The van der Waals surface area contributed by atoms with E-state index in [0.717, 1.165) is 22.2 Å². The van der Waals surface area contributed by atoms with E-state index in [2.05, 4.69) is 9.97 Å². The van der Waals surface area contributed by atoms with Gasteiger partial charge >= 0.3 is 12.6 Å². The van der Waals surface area contributed by atoms with Crippen LogP contribution in [-0.2, 0) is 15.1 Å². The van der Waals surface area contributed by atoms with Gasteiger partial charge in [0.1, 0.15) is 22.4 Å². The highest BCUT2D eigenvalue weighted by atomic mass is 32.2. The zero-order chi connectivity index (χ0) is 27.5. The van der Waals surface area contributed by atoms with Crippen LogP contribution in [0.2, 0.25) is 0 Å². The summed E-state index contributed by atoms with van der Waals surface area (Å²) >= 11 is 1.32. The smallest absolute Gasteiger partial charge is 0.387 e. The lowest BCUT2D eigenvalue weighted by molar-refractivity contribution is -0.142. The van der Waals surface area contributed by atoms with Crippen LogP contribution in [0.3, 0.4) is 0 Å². The number of aliphatic hydroxyl groups is 1. The minimum absolute atomic E-state index is 0.0877. The van der Waals surface area contributed by atoms with Crippen molar-refractivity contribution in [3.63, 3.8) is 0 Å². The molecule has 0 spiro atoms. The average molecular weight is 553 g/mol. The first-order valence-electron chi connectivity index (χ1n) is 12.6. The summed E-state index contributed by atoms with van der Waals surface area (Å²) in [6, 6.07) is 10.4. The molecule has 11 heteroatoms. The third-order valence-electron chi connectivity index (χ3n) is 7.08. The van der Waals surface area contributed by atoms with Crippen molar-refractivity contribution < 1.29 is 28.2 Å². The third-order valence-corrected chi connectivity index (χ3v) is 8.47. The number of thioether (sulfide) groups is 1. The van der Waals surface area contributed by atoms with E-state index in [1.807, 2.05) is 28.8 Å². The molecule has 8 nitrogen and oxygen atoms in total. The normalized spacial score (nSPS) is 20.0. The van der Waals surface area contributed by atoms with Crippen molar-refractivity contribution in [2.24, 2.45) is 0 Å². The van der Waals surface area contributed by atoms with Crippen molar-refractivity contribution in [2.45, 2.75) is 61.5 Å². The van der Waals surface area contributed by atoms with Crippen molar-refractivity contribution in [1.29, 1.82) is 0 Å². The molecule has 1 unspecified atom stereocenters. The molecule has 202 valence electrons. The van der Waals surface area contributed by atoms with Crippen LogP contribution in [0.25, 0.3) is 22.2 Å². The van der Waals surface area contributed by atoms with Gasteiger partial charge < -0.3 is 19.1 Å². The van der Waals surface area contributed by atoms with E-state index in [0.29, 0.717) is 28.5 Å². The second-order valence-electron chi connectivity index (χ2n) is 10.1. The summed E-state index contributed by atoms with van der Waals surface area (Å²) in [6.07, 6.45) is 3.81. The molecular formula is C28H26F2N4O4S. The minimum Gasteiger partial charge on any atom is -0.465 e. The third kappa shape index (κ3) is 4.43. The zero-order valence-corrected chi connectivity index (χ0v) is 22.3. The first kappa shape index (κ1) is 25.7. The molecular weight excluding hydrogens is 526 g/mol. The van der Waals surface area contributed by atoms with Crippen LogP contribution in [-0.4, -0.2) is 49.1 Å². The van der Waals surface area contributed by atoms with Gasteiger partial charge in [-0.2, -0.15) is 8.78 Å². The number of carbonyl (C=O) groups is 1.